The Morgan fingerprint density at radius 1 is 0.630 bits per heavy atom. The second-order valence-electron chi connectivity index (χ2n) is 5.15. The maximum atomic E-state index is 13.4. The zero-order chi connectivity index (χ0) is 20.1. The highest BCUT2D eigenvalue weighted by Gasteiger charge is 2.19. The molecule has 0 spiro atoms. The van der Waals surface area contributed by atoms with Gasteiger partial charge in [0.2, 0.25) is 11.6 Å². The van der Waals surface area contributed by atoms with Crippen molar-refractivity contribution in [1.82, 2.24) is 0 Å². The van der Waals surface area contributed by atoms with Crippen molar-refractivity contribution in [3.8, 4) is 11.5 Å². The largest absolute Gasteiger partial charge is 0.423 e. The van der Waals surface area contributed by atoms with E-state index in [0.29, 0.717) is 24.3 Å². The van der Waals surface area contributed by atoms with Crippen molar-refractivity contribution < 1.29 is 45.4 Å². The summed E-state index contributed by atoms with van der Waals surface area (Å²) >= 11 is 0. The van der Waals surface area contributed by atoms with Crippen molar-refractivity contribution in [3.63, 3.8) is 0 Å². The van der Waals surface area contributed by atoms with Gasteiger partial charge in [-0.2, -0.15) is 8.78 Å². The summed E-state index contributed by atoms with van der Waals surface area (Å²) in [6.45, 7) is 0. The minimum Gasteiger partial charge on any atom is -0.423 e. The number of benzene rings is 2. The van der Waals surface area contributed by atoms with E-state index in [2.05, 4.69) is 9.47 Å². The van der Waals surface area contributed by atoms with E-state index in [-0.39, 0.29) is 6.42 Å². The molecule has 0 fully saturated rings. The third kappa shape index (κ3) is 4.99. The Kier molecular flexibility index (Phi) is 6.43. The van der Waals surface area contributed by atoms with E-state index >= 15 is 0 Å². The lowest BCUT2D eigenvalue weighted by atomic mass is 10.2. The summed E-state index contributed by atoms with van der Waals surface area (Å²) in [5.41, 5.74) is 0. The molecule has 0 saturated carbocycles. The zero-order valence-corrected chi connectivity index (χ0v) is 13.3. The molecule has 0 bridgehead atoms. The minimum absolute atomic E-state index is 0.186. The lowest BCUT2D eigenvalue weighted by molar-refractivity contribution is -0.136. The molecule has 144 valence electrons. The Bertz CT molecular complexity index is 813. The van der Waals surface area contributed by atoms with Crippen molar-refractivity contribution in [1.29, 1.82) is 0 Å². The predicted octanol–water partition coefficient (Wildman–Crippen LogP) is 4.20. The summed E-state index contributed by atoms with van der Waals surface area (Å²) in [6.07, 6.45) is -1.06. The van der Waals surface area contributed by atoms with Crippen LogP contribution in [0.25, 0.3) is 0 Å². The van der Waals surface area contributed by atoms with Crippen LogP contribution in [0.4, 0.5) is 26.3 Å². The van der Waals surface area contributed by atoms with E-state index in [1.807, 2.05) is 0 Å². The third-order valence-electron chi connectivity index (χ3n) is 3.21. The molecule has 0 heterocycles. The van der Waals surface area contributed by atoms with E-state index in [1.54, 1.807) is 0 Å². The van der Waals surface area contributed by atoms with Crippen molar-refractivity contribution in [3.05, 3.63) is 59.2 Å². The molecule has 0 aliphatic heterocycles. The first kappa shape index (κ1) is 20.3. The van der Waals surface area contributed by atoms with Crippen LogP contribution in [-0.2, 0) is 9.59 Å². The zero-order valence-electron chi connectivity index (χ0n) is 13.3. The molecule has 0 saturated heterocycles. The summed E-state index contributed by atoms with van der Waals surface area (Å²) in [5.74, 6) is -13.7. The number of hydrogen-bond acceptors (Lipinski definition) is 4. The van der Waals surface area contributed by atoms with Crippen LogP contribution in [0.1, 0.15) is 19.3 Å². The first-order valence-corrected chi connectivity index (χ1v) is 7.39. The summed E-state index contributed by atoms with van der Waals surface area (Å²) in [6, 6.07) is 2.56. The van der Waals surface area contributed by atoms with Crippen molar-refractivity contribution in [2.24, 2.45) is 0 Å². The standard InChI is InChI=1S/C17H10F6O4/c18-8-4-6-10(16(22)14(8)20)26-12(24)2-1-3-13(25)27-11-7-5-9(19)15(21)17(11)23/h4-7H,1-3H2. The Morgan fingerprint density at radius 2 is 1.00 bits per heavy atom. The fourth-order valence-corrected chi connectivity index (χ4v) is 1.90. The number of halogens is 6. The molecule has 0 N–H and O–H groups in total. The summed E-state index contributed by atoms with van der Waals surface area (Å²) in [7, 11) is 0. The average Bonchev–Trinajstić information content (AvgIpc) is 2.63. The fourth-order valence-electron chi connectivity index (χ4n) is 1.90. The molecule has 27 heavy (non-hydrogen) atoms. The second kappa shape index (κ2) is 8.56. The topological polar surface area (TPSA) is 52.6 Å². The first-order chi connectivity index (χ1) is 12.7. The van der Waals surface area contributed by atoms with Gasteiger partial charge in [-0.15, -0.1) is 0 Å². The van der Waals surface area contributed by atoms with E-state index in [1.165, 1.54) is 0 Å². The van der Waals surface area contributed by atoms with Gasteiger partial charge < -0.3 is 9.47 Å². The van der Waals surface area contributed by atoms with Crippen molar-refractivity contribution in [2.75, 3.05) is 0 Å². The van der Waals surface area contributed by atoms with Crippen LogP contribution in [0, 0.1) is 34.9 Å². The van der Waals surface area contributed by atoms with Gasteiger partial charge in [0.05, 0.1) is 0 Å². The van der Waals surface area contributed by atoms with Crippen LogP contribution in [0.15, 0.2) is 24.3 Å². The number of carbonyl (C=O) groups excluding carboxylic acids is 2. The van der Waals surface area contributed by atoms with Gasteiger partial charge in [-0.25, -0.2) is 17.6 Å². The lowest BCUT2D eigenvalue weighted by Crippen LogP contribution is -2.13. The van der Waals surface area contributed by atoms with Gasteiger partial charge in [-0.1, -0.05) is 0 Å². The average molecular weight is 392 g/mol. The molecule has 2 aromatic rings. The molecular weight excluding hydrogens is 382 g/mol. The van der Waals surface area contributed by atoms with Gasteiger partial charge >= 0.3 is 11.9 Å². The Hall–Kier alpha value is -3.04. The normalized spacial score (nSPS) is 10.6. The monoisotopic (exact) mass is 392 g/mol. The highest BCUT2D eigenvalue weighted by Crippen LogP contribution is 2.23. The minimum atomic E-state index is -1.81. The molecule has 0 unspecified atom stereocenters. The maximum Gasteiger partial charge on any atom is 0.311 e. The van der Waals surface area contributed by atoms with Gasteiger partial charge in [-0.05, 0) is 30.7 Å². The molecule has 2 aromatic carbocycles. The molecule has 0 amide bonds. The molecular formula is C17H10F6O4. The quantitative estimate of drug-likeness (QED) is 0.320. The van der Waals surface area contributed by atoms with Crippen LogP contribution >= 0.6 is 0 Å². The summed E-state index contributed by atoms with van der Waals surface area (Å²) < 4.78 is 87.3. The number of ether oxygens (including phenoxy) is 2. The Balaban J connectivity index is 1.84. The van der Waals surface area contributed by atoms with E-state index in [0.717, 1.165) is 0 Å². The summed E-state index contributed by atoms with van der Waals surface area (Å²) in [5, 5.41) is 0. The summed E-state index contributed by atoms with van der Waals surface area (Å²) in [4.78, 5) is 23.1. The fraction of sp³-hybridized carbons (Fsp3) is 0.176. The number of esters is 2. The first-order valence-electron chi connectivity index (χ1n) is 7.39. The maximum absolute atomic E-state index is 13.4. The van der Waals surface area contributed by atoms with Gasteiger partial charge in [0.15, 0.2) is 34.8 Å². The van der Waals surface area contributed by atoms with Gasteiger partial charge in [-0.3, -0.25) is 9.59 Å². The van der Waals surface area contributed by atoms with E-state index < -0.39 is 71.2 Å². The van der Waals surface area contributed by atoms with E-state index in [9.17, 15) is 35.9 Å². The molecule has 0 aromatic heterocycles. The lowest BCUT2D eigenvalue weighted by Gasteiger charge is -2.07. The number of hydrogen-bond donors (Lipinski definition) is 0. The highest BCUT2D eigenvalue weighted by atomic mass is 19.2. The van der Waals surface area contributed by atoms with Crippen molar-refractivity contribution in [2.45, 2.75) is 19.3 Å². The predicted molar refractivity (Wildman–Crippen MR) is 77.8 cm³/mol. The van der Waals surface area contributed by atoms with Crippen LogP contribution in [0.3, 0.4) is 0 Å². The molecule has 2 rings (SSSR count). The number of carbonyl (C=O) groups is 2. The van der Waals surface area contributed by atoms with Crippen LogP contribution in [-0.4, -0.2) is 11.9 Å². The smallest absolute Gasteiger partial charge is 0.311 e. The SMILES string of the molecule is O=C(CCCC(=O)Oc1ccc(F)c(F)c1F)Oc1ccc(F)c(F)c1F. The molecule has 0 radical (unpaired) electrons. The molecule has 0 atom stereocenters. The van der Waals surface area contributed by atoms with Gasteiger partial charge in [0.1, 0.15) is 0 Å². The molecule has 10 heteroatoms. The van der Waals surface area contributed by atoms with Crippen LogP contribution in [0.5, 0.6) is 11.5 Å². The molecule has 0 aliphatic rings. The number of rotatable bonds is 6. The third-order valence-corrected chi connectivity index (χ3v) is 3.21. The van der Waals surface area contributed by atoms with Gasteiger partial charge in [0, 0.05) is 12.8 Å². The Morgan fingerprint density at radius 3 is 1.37 bits per heavy atom. The van der Waals surface area contributed by atoms with Crippen LogP contribution in [0.2, 0.25) is 0 Å². The molecule has 4 nitrogen and oxygen atoms in total. The second-order valence-corrected chi connectivity index (χ2v) is 5.15. The highest BCUT2D eigenvalue weighted by molar-refractivity contribution is 5.75. The van der Waals surface area contributed by atoms with Gasteiger partial charge in [0.25, 0.3) is 0 Å². The Labute approximate surface area is 148 Å². The van der Waals surface area contributed by atoms with Crippen molar-refractivity contribution >= 4 is 11.9 Å². The van der Waals surface area contributed by atoms with E-state index in [4.69, 9.17) is 0 Å². The van der Waals surface area contributed by atoms with Crippen LogP contribution < -0.4 is 9.47 Å². The molecule has 0 aliphatic carbocycles.